The molecular weight excluding hydrogens is 449 g/mol. The van der Waals surface area contributed by atoms with Gasteiger partial charge in [0.05, 0.1) is 23.3 Å². The molecule has 0 aliphatic carbocycles. The molecule has 34 heavy (non-hydrogen) atoms. The number of aryl methyl sites for hydroxylation is 1. The van der Waals surface area contributed by atoms with E-state index in [0.717, 1.165) is 6.07 Å². The molecule has 2 aliphatic heterocycles. The van der Waals surface area contributed by atoms with Crippen molar-refractivity contribution in [3.05, 3.63) is 65.5 Å². The number of imidazole rings is 1. The highest BCUT2D eigenvalue weighted by molar-refractivity contribution is 6.05. The van der Waals surface area contributed by atoms with Crippen molar-refractivity contribution in [2.75, 3.05) is 0 Å². The van der Waals surface area contributed by atoms with E-state index in [2.05, 4.69) is 10.3 Å². The number of nitrogens with one attached hydrogen (secondary N) is 1. The SMILES string of the molecule is Cn1cnc(-c2ccc3c(c2)CN(C2CCC(=O)NC2=O)C3=O)c1-c1ccccc1C(F)(F)F. The number of hydrogen-bond acceptors (Lipinski definition) is 4. The van der Waals surface area contributed by atoms with Gasteiger partial charge in [0.15, 0.2) is 0 Å². The van der Waals surface area contributed by atoms with Crippen LogP contribution in [0.25, 0.3) is 22.5 Å². The molecule has 10 heteroatoms. The summed E-state index contributed by atoms with van der Waals surface area (Å²) < 4.78 is 42.6. The summed E-state index contributed by atoms with van der Waals surface area (Å²) in [7, 11) is 1.63. The number of piperidine rings is 1. The fraction of sp³-hybridized carbons (Fsp3) is 0.250. The summed E-state index contributed by atoms with van der Waals surface area (Å²) in [4.78, 5) is 42.4. The summed E-state index contributed by atoms with van der Waals surface area (Å²) in [6, 6.07) is 9.55. The number of halogens is 3. The average molecular weight is 468 g/mol. The molecule has 3 aromatic rings. The van der Waals surface area contributed by atoms with Crippen molar-refractivity contribution in [3.63, 3.8) is 0 Å². The number of imide groups is 1. The summed E-state index contributed by atoms with van der Waals surface area (Å²) in [5.74, 6) is -1.19. The van der Waals surface area contributed by atoms with Crippen molar-refractivity contribution < 1.29 is 27.6 Å². The van der Waals surface area contributed by atoms with Crippen LogP contribution in [0.1, 0.15) is 34.3 Å². The average Bonchev–Trinajstić information content (AvgIpc) is 3.33. The zero-order chi connectivity index (χ0) is 24.2. The molecule has 0 radical (unpaired) electrons. The minimum atomic E-state index is -4.54. The number of rotatable bonds is 3. The molecule has 2 aliphatic rings. The van der Waals surface area contributed by atoms with Crippen LogP contribution in [-0.4, -0.2) is 38.2 Å². The Hall–Kier alpha value is -3.95. The number of carbonyl (C=O) groups excluding carboxylic acids is 3. The second kappa shape index (κ2) is 7.82. The van der Waals surface area contributed by atoms with Crippen molar-refractivity contribution >= 4 is 17.7 Å². The lowest BCUT2D eigenvalue weighted by atomic mass is 9.97. The zero-order valence-corrected chi connectivity index (χ0v) is 18.0. The number of alkyl halides is 3. The van der Waals surface area contributed by atoms with Gasteiger partial charge >= 0.3 is 6.18 Å². The monoisotopic (exact) mass is 468 g/mol. The predicted molar refractivity (Wildman–Crippen MR) is 115 cm³/mol. The van der Waals surface area contributed by atoms with Crippen LogP contribution in [-0.2, 0) is 29.4 Å². The molecule has 7 nitrogen and oxygen atoms in total. The van der Waals surface area contributed by atoms with Gasteiger partial charge in [-0.05, 0) is 30.2 Å². The van der Waals surface area contributed by atoms with E-state index in [1.165, 1.54) is 27.9 Å². The molecule has 1 aromatic heterocycles. The van der Waals surface area contributed by atoms with Gasteiger partial charge in [0, 0.05) is 36.7 Å². The molecule has 0 spiro atoms. The molecule has 1 atom stereocenters. The largest absolute Gasteiger partial charge is 0.417 e. The van der Waals surface area contributed by atoms with Crippen molar-refractivity contribution in [2.45, 2.75) is 31.6 Å². The first-order valence-electron chi connectivity index (χ1n) is 10.6. The summed E-state index contributed by atoms with van der Waals surface area (Å²) in [5, 5.41) is 2.26. The highest BCUT2D eigenvalue weighted by atomic mass is 19.4. The molecule has 0 bridgehead atoms. The van der Waals surface area contributed by atoms with E-state index < -0.39 is 23.7 Å². The van der Waals surface area contributed by atoms with E-state index in [9.17, 15) is 27.6 Å². The van der Waals surface area contributed by atoms with Gasteiger partial charge in [0.1, 0.15) is 6.04 Å². The molecule has 0 saturated carbocycles. The Morgan fingerprint density at radius 1 is 1.06 bits per heavy atom. The second-order valence-corrected chi connectivity index (χ2v) is 8.37. The maximum atomic E-state index is 13.7. The number of fused-ring (bicyclic) bond motifs is 1. The van der Waals surface area contributed by atoms with E-state index >= 15 is 0 Å². The van der Waals surface area contributed by atoms with Crippen LogP contribution >= 0.6 is 0 Å². The standard InChI is InChI=1S/C24H19F3N4O3/c1-30-12-28-20(21(30)16-4-2-3-5-17(16)24(25,26)27)13-6-7-15-14(10-13)11-31(23(15)34)18-8-9-19(32)29-22(18)33/h2-7,10,12,18H,8-9,11H2,1H3,(H,29,32,33). The molecule has 1 saturated heterocycles. The number of aromatic nitrogens is 2. The van der Waals surface area contributed by atoms with Crippen molar-refractivity contribution in [2.24, 2.45) is 7.05 Å². The van der Waals surface area contributed by atoms with E-state index in [4.69, 9.17) is 0 Å². The van der Waals surface area contributed by atoms with Gasteiger partial charge in [-0.1, -0.05) is 24.3 Å². The highest BCUT2D eigenvalue weighted by Crippen LogP contribution is 2.41. The maximum absolute atomic E-state index is 13.7. The minimum absolute atomic E-state index is 0.00625. The van der Waals surface area contributed by atoms with Crippen LogP contribution in [0.5, 0.6) is 0 Å². The van der Waals surface area contributed by atoms with E-state index in [1.54, 1.807) is 31.3 Å². The Balaban J connectivity index is 1.53. The van der Waals surface area contributed by atoms with Crippen molar-refractivity contribution in [1.29, 1.82) is 0 Å². The lowest BCUT2D eigenvalue weighted by Gasteiger charge is -2.29. The number of amides is 3. The number of nitrogens with zero attached hydrogens (tertiary/aromatic N) is 3. The number of hydrogen-bond donors (Lipinski definition) is 1. The Morgan fingerprint density at radius 3 is 2.56 bits per heavy atom. The van der Waals surface area contributed by atoms with Gasteiger partial charge in [-0.2, -0.15) is 13.2 Å². The van der Waals surface area contributed by atoms with Crippen LogP contribution < -0.4 is 5.32 Å². The summed E-state index contributed by atoms with van der Waals surface area (Å²) >= 11 is 0. The lowest BCUT2D eigenvalue weighted by Crippen LogP contribution is -2.52. The maximum Gasteiger partial charge on any atom is 0.417 e. The normalized spacial score (nSPS) is 18.3. The number of benzene rings is 2. The van der Waals surface area contributed by atoms with Crippen LogP contribution in [0.2, 0.25) is 0 Å². The molecule has 3 heterocycles. The topological polar surface area (TPSA) is 84.3 Å². The van der Waals surface area contributed by atoms with Crippen molar-refractivity contribution in [1.82, 2.24) is 19.8 Å². The highest BCUT2D eigenvalue weighted by Gasteiger charge is 2.39. The molecule has 1 N–H and O–H groups in total. The Bertz CT molecular complexity index is 1350. The summed E-state index contributed by atoms with van der Waals surface area (Å²) in [6.45, 7) is 0.162. The van der Waals surface area contributed by atoms with Crippen LogP contribution in [0.4, 0.5) is 13.2 Å². The molecule has 3 amide bonds. The van der Waals surface area contributed by atoms with Gasteiger partial charge in [-0.25, -0.2) is 4.98 Å². The molecule has 2 aromatic carbocycles. The van der Waals surface area contributed by atoms with E-state index in [0.29, 0.717) is 28.1 Å². The predicted octanol–water partition coefficient (Wildman–Crippen LogP) is 3.53. The van der Waals surface area contributed by atoms with Crippen LogP contribution in [0.3, 0.4) is 0 Å². The zero-order valence-electron chi connectivity index (χ0n) is 18.0. The first-order chi connectivity index (χ1) is 16.1. The van der Waals surface area contributed by atoms with Gasteiger partial charge in [-0.15, -0.1) is 0 Å². The molecule has 1 fully saturated rings. The Kier molecular flexibility index (Phi) is 5.03. The summed E-state index contributed by atoms with van der Waals surface area (Å²) in [5.41, 5.74) is 1.53. The molecular formula is C24H19F3N4O3. The third-order valence-corrected chi connectivity index (χ3v) is 6.22. The molecule has 174 valence electrons. The van der Waals surface area contributed by atoms with Gasteiger partial charge < -0.3 is 9.47 Å². The van der Waals surface area contributed by atoms with Gasteiger partial charge in [-0.3, -0.25) is 19.7 Å². The third kappa shape index (κ3) is 3.55. The quantitative estimate of drug-likeness (QED) is 0.596. The fourth-order valence-electron chi connectivity index (χ4n) is 4.62. The Labute approximate surface area is 192 Å². The Morgan fingerprint density at radius 2 is 1.82 bits per heavy atom. The molecule has 5 rings (SSSR count). The third-order valence-electron chi connectivity index (χ3n) is 6.22. The lowest BCUT2D eigenvalue weighted by molar-refractivity contribution is -0.138. The van der Waals surface area contributed by atoms with Crippen LogP contribution in [0.15, 0.2) is 48.8 Å². The summed E-state index contributed by atoms with van der Waals surface area (Å²) in [6.07, 6.45) is -2.69. The first kappa shape index (κ1) is 21.9. The number of carbonyl (C=O) groups is 3. The first-order valence-corrected chi connectivity index (χ1v) is 10.6. The molecule has 1 unspecified atom stereocenters. The van der Waals surface area contributed by atoms with E-state index in [-0.39, 0.29) is 36.8 Å². The second-order valence-electron chi connectivity index (χ2n) is 8.37. The van der Waals surface area contributed by atoms with Gasteiger partial charge in [0.2, 0.25) is 11.8 Å². The fourth-order valence-corrected chi connectivity index (χ4v) is 4.62. The van der Waals surface area contributed by atoms with Crippen molar-refractivity contribution in [3.8, 4) is 22.5 Å². The van der Waals surface area contributed by atoms with Gasteiger partial charge in [0.25, 0.3) is 5.91 Å². The smallest absolute Gasteiger partial charge is 0.333 e. The minimum Gasteiger partial charge on any atom is -0.333 e. The van der Waals surface area contributed by atoms with E-state index in [1.807, 2.05) is 0 Å². The van der Waals surface area contributed by atoms with Crippen LogP contribution in [0, 0.1) is 0 Å².